The summed E-state index contributed by atoms with van der Waals surface area (Å²) in [5, 5.41) is 9.56. The molecular weight excluding hydrogens is 438 g/mol. The van der Waals surface area contributed by atoms with Crippen LogP contribution >= 0.6 is 0 Å². The SMILES string of the molecule is COC(=O)C(C#N)=C1C=C(/C=C/c2ccc(N(C)C)cc2)OC(/C=C/c2ccc(N(C)C)cc2)=C1. The van der Waals surface area contributed by atoms with Crippen molar-refractivity contribution < 1.29 is 14.3 Å². The van der Waals surface area contributed by atoms with Gasteiger partial charge < -0.3 is 19.3 Å². The highest BCUT2D eigenvalue weighted by atomic mass is 16.5. The van der Waals surface area contributed by atoms with Gasteiger partial charge in [0.25, 0.3) is 0 Å². The monoisotopic (exact) mass is 467 g/mol. The molecule has 1 aliphatic heterocycles. The number of carbonyl (C=O) groups excluding carboxylic acids is 1. The Balaban J connectivity index is 1.90. The summed E-state index contributed by atoms with van der Waals surface area (Å²) in [7, 11) is 9.22. The van der Waals surface area contributed by atoms with E-state index in [2.05, 4.69) is 0 Å². The predicted molar refractivity (Wildman–Crippen MR) is 142 cm³/mol. The summed E-state index contributed by atoms with van der Waals surface area (Å²) in [5.41, 5.74) is 4.53. The van der Waals surface area contributed by atoms with Crippen LogP contribution in [0.15, 0.2) is 95.5 Å². The van der Waals surface area contributed by atoms with Gasteiger partial charge in [-0.05, 0) is 59.7 Å². The Hall–Kier alpha value is -4.50. The Kier molecular flexibility index (Phi) is 8.31. The van der Waals surface area contributed by atoms with Gasteiger partial charge >= 0.3 is 5.97 Å². The van der Waals surface area contributed by atoms with E-state index in [9.17, 15) is 10.1 Å². The molecule has 1 aliphatic rings. The number of hydrogen-bond acceptors (Lipinski definition) is 6. The van der Waals surface area contributed by atoms with Crippen molar-refractivity contribution in [1.82, 2.24) is 0 Å². The molecule has 0 saturated heterocycles. The summed E-state index contributed by atoms with van der Waals surface area (Å²) >= 11 is 0. The van der Waals surface area contributed by atoms with Crippen LogP contribution in [0.5, 0.6) is 0 Å². The second-order valence-corrected chi connectivity index (χ2v) is 8.27. The van der Waals surface area contributed by atoms with Crippen LogP contribution in [0.4, 0.5) is 11.4 Å². The molecule has 0 atom stereocenters. The average Bonchev–Trinajstić information content (AvgIpc) is 2.87. The molecular formula is C29H29N3O3. The maximum Gasteiger partial charge on any atom is 0.349 e. The Labute approximate surface area is 207 Å². The molecule has 0 bridgehead atoms. The molecule has 0 aromatic heterocycles. The topological polar surface area (TPSA) is 65.8 Å². The standard InChI is InChI=1S/C29H29N3O3/c1-31(2)24-12-6-21(7-13-24)10-16-26-18-23(28(20-30)29(33)34-5)19-27(35-26)17-11-22-8-14-25(15-9-22)32(3)4/h6-19H,1-5H3/b16-10+,17-11+. The van der Waals surface area contributed by atoms with E-state index in [1.807, 2.05) is 117 Å². The van der Waals surface area contributed by atoms with Gasteiger partial charge in [0.2, 0.25) is 0 Å². The number of methoxy groups -OCH3 is 1. The van der Waals surface area contributed by atoms with Crippen LogP contribution in [0, 0.1) is 11.3 Å². The van der Waals surface area contributed by atoms with E-state index in [0.29, 0.717) is 17.1 Å². The summed E-state index contributed by atoms with van der Waals surface area (Å²) in [6, 6.07) is 18.1. The van der Waals surface area contributed by atoms with Gasteiger partial charge in [-0.25, -0.2) is 4.79 Å². The summed E-state index contributed by atoms with van der Waals surface area (Å²) in [6.45, 7) is 0. The normalized spacial score (nSPS) is 13.1. The van der Waals surface area contributed by atoms with Crippen LogP contribution < -0.4 is 9.80 Å². The van der Waals surface area contributed by atoms with Gasteiger partial charge in [-0.3, -0.25) is 0 Å². The van der Waals surface area contributed by atoms with Crippen molar-refractivity contribution in [3.8, 4) is 6.07 Å². The summed E-state index contributed by atoms with van der Waals surface area (Å²) in [5.74, 6) is 0.305. The van der Waals surface area contributed by atoms with E-state index < -0.39 is 5.97 Å². The molecule has 0 N–H and O–H groups in total. The Bertz CT molecular complexity index is 1170. The first-order valence-corrected chi connectivity index (χ1v) is 11.1. The smallest absolute Gasteiger partial charge is 0.349 e. The molecule has 6 heteroatoms. The number of esters is 1. The minimum Gasteiger partial charge on any atom is -0.465 e. The number of nitrogens with zero attached hydrogens (tertiary/aromatic N) is 3. The molecule has 35 heavy (non-hydrogen) atoms. The molecule has 1 heterocycles. The van der Waals surface area contributed by atoms with Gasteiger partial charge in [0, 0.05) is 45.1 Å². The molecule has 0 spiro atoms. The van der Waals surface area contributed by atoms with Gasteiger partial charge in [0.15, 0.2) is 0 Å². The van der Waals surface area contributed by atoms with Gasteiger partial charge in [0.1, 0.15) is 23.2 Å². The van der Waals surface area contributed by atoms with E-state index in [1.54, 1.807) is 12.2 Å². The van der Waals surface area contributed by atoms with E-state index in [0.717, 1.165) is 22.5 Å². The molecule has 3 rings (SSSR count). The first kappa shape index (κ1) is 25.1. The number of ether oxygens (including phenoxy) is 2. The van der Waals surface area contributed by atoms with Gasteiger partial charge in [-0.1, -0.05) is 36.4 Å². The molecule has 0 amide bonds. The molecule has 0 saturated carbocycles. The second-order valence-electron chi connectivity index (χ2n) is 8.27. The minimum atomic E-state index is -0.692. The number of hydrogen-bond donors (Lipinski definition) is 0. The third kappa shape index (κ3) is 6.75. The third-order valence-electron chi connectivity index (χ3n) is 5.32. The first-order valence-electron chi connectivity index (χ1n) is 11.1. The van der Waals surface area contributed by atoms with E-state index in [-0.39, 0.29) is 5.57 Å². The van der Waals surface area contributed by atoms with Crippen molar-refractivity contribution in [3.05, 3.63) is 107 Å². The fourth-order valence-electron chi connectivity index (χ4n) is 3.31. The zero-order chi connectivity index (χ0) is 25.4. The zero-order valence-corrected chi connectivity index (χ0v) is 20.6. The maximum absolute atomic E-state index is 12.1. The van der Waals surface area contributed by atoms with Gasteiger partial charge in [-0.15, -0.1) is 0 Å². The van der Waals surface area contributed by atoms with Gasteiger partial charge in [-0.2, -0.15) is 5.26 Å². The number of carbonyl (C=O) groups is 1. The van der Waals surface area contributed by atoms with E-state index in [4.69, 9.17) is 9.47 Å². The number of allylic oxidation sites excluding steroid dienone is 5. The number of benzene rings is 2. The average molecular weight is 468 g/mol. The van der Waals surface area contributed by atoms with Crippen molar-refractivity contribution in [1.29, 1.82) is 5.26 Å². The second kappa shape index (κ2) is 11.6. The van der Waals surface area contributed by atoms with Gasteiger partial charge in [0.05, 0.1) is 7.11 Å². The molecule has 6 nitrogen and oxygen atoms in total. The van der Waals surface area contributed by atoms with Crippen molar-refractivity contribution in [2.75, 3.05) is 45.1 Å². The quantitative estimate of drug-likeness (QED) is 0.311. The Morgan fingerprint density at radius 2 is 1.23 bits per heavy atom. The van der Waals surface area contributed by atoms with Crippen molar-refractivity contribution in [3.63, 3.8) is 0 Å². The summed E-state index contributed by atoms with van der Waals surface area (Å²) in [6.07, 6.45) is 10.8. The molecule has 0 radical (unpaired) electrons. The van der Waals surface area contributed by atoms with Crippen molar-refractivity contribution in [2.24, 2.45) is 0 Å². The highest BCUT2D eigenvalue weighted by molar-refractivity contribution is 5.95. The lowest BCUT2D eigenvalue weighted by Crippen LogP contribution is -2.08. The maximum atomic E-state index is 12.1. The predicted octanol–water partition coefficient (Wildman–Crippen LogP) is 5.34. The first-order chi connectivity index (χ1) is 16.8. The molecule has 2 aromatic carbocycles. The number of nitriles is 1. The van der Waals surface area contributed by atoms with E-state index >= 15 is 0 Å². The molecule has 178 valence electrons. The summed E-state index contributed by atoms with van der Waals surface area (Å²) in [4.78, 5) is 16.2. The molecule has 0 fully saturated rings. The number of anilines is 2. The van der Waals surface area contributed by atoms with E-state index in [1.165, 1.54) is 7.11 Å². The lowest BCUT2D eigenvalue weighted by atomic mass is 10.0. The lowest BCUT2D eigenvalue weighted by molar-refractivity contribution is -0.135. The Morgan fingerprint density at radius 1 is 0.800 bits per heavy atom. The van der Waals surface area contributed by atoms with Crippen LogP contribution in [-0.2, 0) is 14.3 Å². The molecule has 2 aromatic rings. The number of rotatable bonds is 7. The van der Waals surface area contributed by atoms with Crippen LogP contribution in [0.25, 0.3) is 12.2 Å². The fourth-order valence-corrected chi connectivity index (χ4v) is 3.31. The highest BCUT2D eigenvalue weighted by Crippen LogP contribution is 2.25. The lowest BCUT2D eigenvalue weighted by Gasteiger charge is -2.15. The zero-order valence-electron chi connectivity index (χ0n) is 20.6. The summed E-state index contributed by atoms with van der Waals surface area (Å²) < 4.78 is 10.8. The fraction of sp³-hybridized carbons (Fsp3) is 0.172. The van der Waals surface area contributed by atoms with Crippen LogP contribution in [0.1, 0.15) is 11.1 Å². The van der Waals surface area contributed by atoms with Crippen molar-refractivity contribution >= 4 is 29.5 Å². The van der Waals surface area contributed by atoms with Crippen molar-refractivity contribution in [2.45, 2.75) is 0 Å². The van der Waals surface area contributed by atoms with Crippen LogP contribution in [-0.4, -0.2) is 41.3 Å². The van der Waals surface area contributed by atoms with Crippen LogP contribution in [0.3, 0.4) is 0 Å². The minimum absolute atomic E-state index is 0.0849. The highest BCUT2D eigenvalue weighted by Gasteiger charge is 2.17. The molecule has 0 aliphatic carbocycles. The largest absolute Gasteiger partial charge is 0.465 e. The van der Waals surface area contributed by atoms with Crippen LogP contribution in [0.2, 0.25) is 0 Å². The molecule has 0 unspecified atom stereocenters. The third-order valence-corrected chi connectivity index (χ3v) is 5.32. The Morgan fingerprint density at radius 3 is 1.57 bits per heavy atom.